The van der Waals surface area contributed by atoms with Crippen LogP contribution in [0.1, 0.15) is 23.8 Å². The molecule has 3 heterocycles. The molecule has 1 aliphatic rings. The molecule has 0 radical (unpaired) electrons. The number of anilines is 1. The maximum absolute atomic E-state index is 6.36. The number of hydrogen-bond acceptors (Lipinski definition) is 7. The summed E-state index contributed by atoms with van der Waals surface area (Å²) in [6.45, 7) is 0. The third kappa shape index (κ3) is 4.27. The number of aromatic nitrogens is 2. The molecule has 0 spiro atoms. The molecule has 0 amide bonds. The molecule has 0 saturated carbocycles. The molecule has 7 nitrogen and oxygen atoms in total. The molecule has 0 fully saturated rings. The summed E-state index contributed by atoms with van der Waals surface area (Å²) in [5.41, 5.74) is 4.21. The maximum Gasteiger partial charge on any atom is 0.247 e. The fourth-order valence-corrected chi connectivity index (χ4v) is 4.81. The van der Waals surface area contributed by atoms with Crippen LogP contribution in [-0.2, 0) is 0 Å². The van der Waals surface area contributed by atoms with Crippen LogP contribution in [0.5, 0.6) is 11.5 Å². The monoisotopic (exact) mass is 510 g/mol. The topological polar surface area (TPSA) is 73.0 Å². The highest BCUT2D eigenvalue weighted by molar-refractivity contribution is 6.31. The van der Waals surface area contributed by atoms with Gasteiger partial charge in [-0.2, -0.15) is 5.10 Å². The van der Waals surface area contributed by atoms with Crippen LogP contribution < -0.4 is 14.5 Å². The Kier molecular flexibility index (Phi) is 5.98. The number of methoxy groups -OCH3 is 2. The van der Waals surface area contributed by atoms with Crippen LogP contribution in [0.25, 0.3) is 22.2 Å². The summed E-state index contributed by atoms with van der Waals surface area (Å²) in [4.78, 5) is 9.95. The van der Waals surface area contributed by atoms with Crippen LogP contribution in [0.4, 0.5) is 5.95 Å². The normalized spacial score (nSPS) is 15.2. The lowest BCUT2D eigenvalue weighted by atomic mass is 9.99. The lowest BCUT2D eigenvalue weighted by Crippen LogP contribution is -2.22. The minimum Gasteiger partial charge on any atom is -0.497 e. The highest BCUT2D eigenvalue weighted by Gasteiger charge is 2.35. The van der Waals surface area contributed by atoms with Crippen molar-refractivity contribution in [1.82, 2.24) is 9.97 Å². The molecule has 0 unspecified atom stereocenters. The Balaban J connectivity index is 1.56. The van der Waals surface area contributed by atoms with Gasteiger partial charge in [0.15, 0.2) is 0 Å². The Morgan fingerprint density at radius 1 is 0.919 bits per heavy atom. The van der Waals surface area contributed by atoms with E-state index in [1.54, 1.807) is 20.5 Å². The van der Waals surface area contributed by atoms with Crippen LogP contribution >= 0.6 is 11.6 Å². The van der Waals surface area contributed by atoms with Gasteiger partial charge in [0.05, 0.1) is 37.7 Å². The molecular weight excluding hydrogens is 488 g/mol. The van der Waals surface area contributed by atoms with Crippen molar-refractivity contribution in [3.8, 4) is 22.8 Å². The van der Waals surface area contributed by atoms with Gasteiger partial charge in [-0.05, 0) is 48.5 Å². The highest BCUT2D eigenvalue weighted by Crippen LogP contribution is 2.42. The van der Waals surface area contributed by atoms with Gasteiger partial charge in [-0.3, -0.25) is 0 Å². The molecule has 5 aromatic rings. The van der Waals surface area contributed by atoms with E-state index < -0.39 is 0 Å². The van der Waals surface area contributed by atoms with Crippen LogP contribution in [0.2, 0.25) is 5.02 Å². The Morgan fingerprint density at radius 2 is 1.78 bits per heavy atom. The molecule has 6 rings (SSSR count). The first kappa shape index (κ1) is 23.1. The molecule has 0 bridgehead atoms. The van der Waals surface area contributed by atoms with Crippen LogP contribution in [0, 0.1) is 0 Å². The van der Waals surface area contributed by atoms with Crippen LogP contribution in [0.3, 0.4) is 0 Å². The summed E-state index contributed by atoms with van der Waals surface area (Å²) in [5, 5.41) is 8.29. The Hall–Kier alpha value is -4.36. The SMILES string of the molecule is COc1ccc(OC)c([C@@H]2CC(c3ccco3)=NN2c2nc(-c3ccccc3)c3cc(Cl)ccc3n2)c1. The van der Waals surface area contributed by atoms with Crippen molar-refractivity contribution in [2.24, 2.45) is 5.10 Å². The van der Waals surface area contributed by atoms with E-state index in [0.717, 1.165) is 44.9 Å². The van der Waals surface area contributed by atoms with Crippen molar-refractivity contribution in [1.29, 1.82) is 0 Å². The van der Waals surface area contributed by atoms with Gasteiger partial charge >= 0.3 is 0 Å². The zero-order valence-corrected chi connectivity index (χ0v) is 21.0. The van der Waals surface area contributed by atoms with E-state index in [2.05, 4.69) is 0 Å². The minimum absolute atomic E-state index is 0.251. The highest BCUT2D eigenvalue weighted by atomic mass is 35.5. The van der Waals surface area contributed by atoms with Crippen LogP contribution in [-0.4, -0.2) is 29.9 Å². The number of hydrazone groups is 1. The largest absolute Gasteiger partial charge is 0.497 e. The zero-order chi connectivity index (χ0) is 25.4. The van der Waals surface area contributed by atoms with Gasteiger partial charge in [-0.1, -0.05) is 41.9 Å². The molecule has 184 valence electrons. The first-order valence-electron chi connectivity index (χ1n) is 11.8. The summed E-state index contributed by atoms with van der Waals surface area (Å²) >= 11 is 6.36. The van der Waals surface area contributed by atoms with Gasteiger partial charge in [0.1, 0.15) is 23.0 Å². The number of nitrogens with zero attached hydrogens (tertiary/aromatic N) is 4. The number of fused-ring (bicyclic) bond motifs is 1. The van der Waals surface area contributed by atoms with Crippen molar-refractivity contribution in [3.05, 3.63) is 101 Å². The summed E-state index contributed by atoms with van der Waals surface area (Å²) in [6.07, 6.45) is 2.21. The van der Waals surface area contributed by atoms with Gasteiger partial charge < -0.3 is 13.9 Å². The molecule has 8 heteroatoms. The van der Waals surface area contributed by atoms with E-state index in [1.165, 1.54) is 0 Å². The Morgan fingerprint density at radius 3 is 2.54 bits per heavy atom. The fraction of sp³-hybridized carbons (Fsp3) is 0.138. The number of benzene rings is 3. The number of rotatable bonds is 6. The van der Waals surface area contributed by atoms with E-state index in [-0.39, 0.29) is 6.04 Å². The second kappa shape index (κ2) is 9.59. The van der Waals surface area contributed by atoms with Gasteiger partial charge in [0.25, 0.3) is 0 Å². The van der Waals surface area contributed by atoms with Crippen molar-refractivity contribution in [2.75, 3.05) is 19.2 Å². The third-order valence-corrected chi connectivity index (χ3v) is 6.65. The number of hydrogen-bond donors (Lipinski definition) is 0. The summed E-state index contributed by atoms with van der Waals surface area (Å²) in [7, 11) is 3.30. The molecule has 0 N–H and O–H groups in total. The van der Waals surface area contributed by atoms with Crippen molar-refractivity contribution in [2.45, 2.75) is 12.5 Å². The van der Waals surface area contributed by atoms with E-state index in [4.69, 9.17) is 40.6 Å². The zero-order valence-electron chi connectivity index (χ0n) is 20.3. The quantitative estimate of drug-likeness (QED) is 0.247. The van der Waals surface area contributed by atoms with Crippen molar-refractivity contribution in [3.63, 3.8) is 0 Å². The average molecular weight is 511 g/mol. The second-order valence-corrected chi connectivity index (χ2v) is 9.03. The van der Waals surface area contributed by atoms with E-state index in [0.29, 0.717) is 23.2 Å². The van der Waals surface area contributed by atoms with Gasteiger partial charge in [-0.15, -0.1) is 0 Å². The molecule has 0 saturated heterocycles. The van der Waals surface area contributed by atoms with E-state index in [9.17, 15) is 0 Å². The summed E-state index contributed by atoms with van der Waals surface area (Å²) in [6, 6.07) is 24.9. The number of halogens is 1. The second-order valence-electron chi connectivity index (χ2n) is 8.60. The molecule has 3 aromatic carbocycles. The first-order chi connectivity index (χ1) is 18.1. The van der Waals surface area contributed by atoms with Gasteiger partial charge in [0, 0.05) is 28.0 Å². The summed E-state index contributed by atoms with van der Waals surface area (Å²) < 4.78 is 17.0. The smallest absolute Gasteiger partial charge is 0.247 e. The lowest BCUT2D eigenvalue weighted by molar-refractivity contribution is 0.395. The van der Waals surface area contributed by atoms with Crippen molar-refractivity contribution < 1.29 is 13.9 Å². The Bertz CT molecular complexity index is 1600. The predicted molar refractivity (Wildman–Crippen MR) is 145 cm³/mol. The predicted octanol–water partition coefficient (Wildman–Crippen LogP) is 6.92. The van der Waals surface area contributed by atoms with E-state index >= 15 is 0 Å². The number of ether oxygens (including phenoxy) is 2. The third-order valence-electron chi connectivity index (χ3n) is 6.41. The standard InChI is InChI=1S/C29H23ClN4O3/c1-35-20-11-13-26(36-2)22(16-20)25-17-24(27-9-6-14-37-27)33-34(25)29-31-23-12-10-19(30)15-21(23)28(32-29)18-7-4-3-5-8-18/h3-16,25H,17H2,1-2H3/t25-/m0/s1. The van der Waals surface area contributed by atoms with Gasteiger partial charge in [0.2, 0.25) is 5.95 Å². The fourth-order valence-electron chi connectivity index (χ4n) is 4.64. The van der Waals surface area contributed by atoms with Gasteiger partial charge in [-0.25, -0.2) is 15.0 Å². The molecule has 1 atom stereocenters. The molecule has 2 aromatic heterocycles. The average Bonchev–Trinajstić information content (AvgIpc) is 3.63. The molecule has 0 aliphatic carbocycles. The Labute approximate surface area is 218 Å². The minimum atomic E-state index is -0.251. The number of furan rings is 1. The molecule has 37 heavy (non-hydrogen) atoms. The first-order valence-corrected chi connectivity index (χ1v) is 12.2. The lowest BCUT2D eigenvalue weighted by Gasteiger charge is -2.24. The summed E-state index contributed by atoms with van der Waals surface area (Å²) in [5.74, 6) is 2.61. The molecular formula is C29H23ClN4O3. The maximum atomic E-state index is 6.36. The van der Waals surface area contributed by atoms with Crippen LogP contribution in [0.15, 0.2) is 94.6 Å². The molecule has 1 aliphatic heterocycles. The van der Waals surface area contributed by atoms with E-state index in [1.807, 2.05) is 83.9 Å². The van der Waals surface area contributed by atoms with Crippen molar-refractivity contribution >= 4 is 34.2 Å².